The molecule has 0 radical (unpaired) electrons. The Bertz CT molecular complexity index is 399. The zero-order valence-corrected chi connectivity index (χ0v) is 9.95. The van der Waals surface area contributed by atoms with Crippen molar-refractivity contribution in [3.63, 3.8) is 0 Å². The lowest BCUT2D eigenvalue weighted by Crippen LogP contribution is -2.22. The summed E-state index contributed by atoms with van der Waals surface area (Å²) in [4.78, 5) is 23.1. The summed E-state index contributed by atoms with van der Waals surface area (Å²) >= 11 is 5.68. The third-order valence-corrected chi connectivity index (χ3v) is 2.22. The van der Waals surface area contributed by atoms with Crippen molar-refractivity contribution in [2.75, 3.05) is 0 Å². The van der Waals surface area contributed by atoms with E-state index in [1.165, 1.54) is 0 Å². The number of alkyl halides is 1. The predicted molar refractivity (Wildman–Crippen MR) is 61.6 cm³/mol. The van der Waals surface area contributed by atoms with Crippen LogP contribution in [0.3, 0.4) is 0 Å². The summed E-state index contributed by atoms with van der Waals surface area (Å²) in [5, 5.41) is 0. The number of halogens is 1. The smallest absolute Gasteiger partial charge is 0.379 e. The maximum atomic E-state index is 11.7. The molecule has 0 heterocycles. The van der Waals surface area contributed by atoms with E-state index in [0.29, 0.717) is 11.1 Å². The number of carbonyl (C=O) groups excluding carboxylic acids is 2. The van der Waals surface area contributed by atoms with Gasteiger partial charge in [0.1, 0.15) is 0 Å². The van der Waals surface area contributed by atoms with Gasteiger partial charge in [-0.15, -0.1) is 11.6 Å². The number of Topliss-reactive ketones (excluding diaryl/α,β-unsaturated/α-hetero) is 1. The molecule has 0 saturated heterocycles. The Hall–Kier alpha value is -1.35. The van der Waals surface area contributed by atoms with Crippen molar-refractivity contribution in [1.29, 1.82) is 0 Å². The van der Waals surface area contributed by atoms with Crippen LogP contribution >= 0.6 is 11.6 Å². The molecule has 0 aliphatic rings. The van der Waals surface area contributed by atoms with Crippen LogP contribution in [-0.4, -0.2) is 17.9 Å². The lowest BCUT2D eigenvalue weighted by atomic mass is 10.1. The van der Waals surface area contributed by atoms with E-state index in [2.05, 4.69) is 0 Å². The third kappa shape index (κ3) is 3.07. The molecule has 0 amide bonds. The Balaban J connectivity index is 2.92. The summed E-state index contributed by atoms with van der Waals surface area (Å²) in [5.41, 5.74) is 0.943. The molecule has 1 rings (SSSR count). The largest absolute Gasteiger partial charge is 0.457 e. The molecule has 0 atom stereocenters. The van der Waals surface area contributed by atoms with Crippen molar-refractivity contribution in [2.24, 2.45) is 0 Å². The van der Waals surface area contributed by atoms with Gasteiger partial charge in [0.25, 0.3) is 5.78 Å². The molecular formula is C12H13ClO3. The third-order valence-electron chi connectivity index (χ3n) is 1.93. The SMILES string of the molecule is CC(C)OC(=O)C(=O)c1ccccc1CCl. The van der Waals surface area contributed by atoms with Crippen molar-refractivity contribution in [3.05, 3.63) is 35.4 Å². The van der Waals surface area contributed by atoms with Crippen molar-refractivity contribution in [2.45, 2.75) is 25.8 Å². The van der Waals surface area contributed by atoms with Crippen molar-refractivity contribution < 1.29 is 14.3 Å². The molecule has 0 bridgehead atoms. The predicted octanol–water partition coefficient (Wildman–Crippen LogP) is 2.56. The van der Waals surface area contributed by atoms with Crippen LogP contribution in [0.15, 0.2) is 24.3 Å². The fourth-order valence-electron chi connectivity index (χ4n) is 1.24. The van der Waals surface area contributed by atoms with Gasteiger partial charge in [0.2, 0.25) is 0 Å². The van der Waals surface area contributed by atoms with E-state index in [-0.39, 0.29) is 12.0 Å². The van der Waals surface area contributed by atoms with Gasteiger partial charge < -0.3 is 4.74 Å². The zero-order chi connectivity index (χ0) is 12.1. The van der Waals surface area contributed by atoms with Gasteiger partial charge in [0.05, 0.1) is 6.10 Å². The molecule has 1 aromatic rings. The molecule has 0 fully saturated rings. The van der Waals surface area contributed by atoms with Crippen LogP contribution in [0.5, 0.6) is 0 Å². The zero-order valence-electron chi connectivity index (χ0n) is 9.20. The highest BCUT2D eigenvalue weighted by Gasteiger charge is 2.21. The van der Waals surface area contributed by atoms with Gasteiger partial charge in [0.15, 0.2) is 0 Å². The molecule has 3 nitrogen and oxygen atoms in total. The first-order valence-electron chi connectivity index (χ1n) is 4.95. The van der Waals surface area contributed by atoms with E-state index in [0.717, 1.165) is 0 Å². The van der Waals surface area contributed by atoms with Gasteiger partial charge in [-0.05, 0) is 19.4 Å². The monoisotopic (exact) mass is 240 g/mol. The fourth-order valence-corrected chi connectivity index (χ4v) is 1.47. The molecule has 0 aliphatic carbocycles. The van der Waals surface area contributed by atoms with Crippen LogP contribution in [0.2, 0.25) is 0 Å². The van der Waals surface area contributed by atoms with E-state index in [1.54, 1.807) is 38.1 Å². The van der Waals surface area contributed by atoms with E-state index >= 15 is 0 Å². The van der Waals surface area contributed by atoms with Crippen LogP contribution in [0.4, 0.5) is 0 Å². The van der Waals surface area contributed by atoms with E-state index in [4.69, 9.17) is 16.3 Å². The Morgan fingerprint density at radius 3 is 2.50 bits per heavy atom. The maximum absolute atomic E-state index is 11.7. The number of carbonyl (C=O) groups is 2. The maximum Gasteiger partial charge on any atom is 0.379 e. The Labute approximate surface area is 99.4 Å². The summed E-state index contributed by atoms with van der Waals surface area (Å²) in [6.07, 6.45) is -0.306. The quantitative estimate of drug-likeness (QED) is 0.352. The summed E-state index contributed by atoms with van der Waals surface area (Å²) in [5.74, 6) is -1.30. The molecule has 16 heavy (non-hydrogen) atoms. The van der Waals surface area contributed by atoms with Gasteiger partial charge in [0, 0.05) is 11.4 Å². The van der Waals surface area contributed by atoms with Crippen LogP contribution in [0.25, 0.3) is 0 Å². The second kappa shape index (κ2) is 5.66. The number of hydrogen-bond acceptors (Lipinski definition) is 3. The molecule has 86 valence electrons. The summed E-state index contributed by atoms with van der Waals surface area (Å²) in [6, 6.07) is 6.73. The Morgan fingerprint density at radius 2 is 1.94 bits per heavy atom. The number of rotatable bonds is 4. The standard InChI is InChI=1S/C12H13ClO3/c1-8(2)16-12(15)11(14)10-6-4-3-5-9(10)7-13/h3-6,8H,7H2,1-2H3. The van der Waals surface area contributed by atoms with Crippen molar-refractivity contribution >= 4 is 23.4 Å². The molecule has 0 saturated carbocycles. The highest BCUT2D eigenvalue weighted by Crippen LogP contribution is 2.13. The summed E-state index contributed by atoms with van der Waals surface area (Å²) < 4.78 is 4.83. The molecule has 0 N–H and O–H groups in total. The molecule has 1 aromatic carbocycles. The Morgan fingerprint density at radius 1 is 1.31 bits per heavy atom. The molecule has 0 aromatic heterocycles. The number of ether oxygens (including phenoxy) is 1. The van der Waals surface area contributed by atoms with Crippen molar-refractivity contribution in [3.8, 4) is 0 Å². The van der Waals surface area contributed by atoms with Crippen LogP contribution in [0.1, 0.15) is 29.8 Å². The number of esters is 1. The van der Waals surface area contributed by atoms with Crippen molar-refractivity contribution in [1.82, 2.24) is 0 Å². The summed E-state index contributed by atoms with van der Waals surface area (Å²) in [7, 11) is 0. The van der Waals surface area contributed by atoms with Crippen LogP contribution < -0.4 is 0 Å². The van der Waals surface area contributed by atoms with Gasteiger partial charge >= 0.3 is 5.97 Å². The number of hydrogen-bond donors (Lipinski definition) is 0. The fraction of sp³-hybridized carbons (Fsp3) is 0.333. The molecule has 0 unspecified atom stereocenters. The average molecular weight is 241 g/mol. The first-order valence-corrected chi connectivity index (χ1v) is 5.49. The van der Waals surface area contributed by atoms with E-state index < -0.39 is 11.8 Å². The highest BCUT2D eigenvalue weighted by molar-refractivity contribution is 6.41. The minimum atomic E-state index is -0.840. The van der Waals surface area contributed by atoms with Gasteiger partial charge in [-0.1, -0.05) is 24.3 Å². The lowest BCUT2D eigenvalue weighted by molar-refractivity contribution is -0.141. The second-order valence-electron chi connectivity index (χ2n) is 3.57. The normalized spacial score (nSPS) is 10.2. The number of benzene rings is 1. The topological polar surface area (TPSA) is 43.4 Å². The minimum Gasteiger partial charge on any atom is -0.457 e. The Kier molecular flexibility index (Phi) is 4.50. The molecule has 4 heteroatoms. The number of ketones is 1. The van der Waals surface area contributed by atoms with E-state index in [9.17, 15) is 9.59 Å². The van der Waals surface area contributed by atoms with Gasteiger partial charge in [-0.25, -0.2) is 4.79 Å². The first kappa shape index (κ1) is 12.7. The lowest BCUT2D eigenvalue weighted by Gasteiger charge is -2.08. The van der Waals surface area contributed by atoms with Gasteiger partial charge in [-0.3, -0.25) is 4.79 Å². The van der Waals surface area contributed by atoms with Gasteiger partial charge in [-0.2, -0.15) is 0 Å². The summed E-state index contributed by atoms with van der Waals surface area (Å²) in [6.45, 7) is 3.39. The molecule has 0 spiro atoms. The van der Waals surface area contributed by atoms with E-state index in [1.807, 2.05) is 0 Å². The molecular weight excluding hydrogens is 228 g/mol. The average Bonchev–Trinajstić information content (AvgIpc) is 2.27. The first-order chi connectivity index (χ1) is 7.56. The van der Waals surface area contributed by atoms with Crippen LogP contribution in [-0.2, 0) is 15.4 Å². The minimum absolute atomic E-state index is 0.191. The second-order valence-corrected chi connectivity index (χ2v) is 3.84. The highest BCUT2D eigenvalue weighted by atomic mass is 35.5. The van der Waals surface area contributed by atoms with Crippen LogP contribution in [0, 0.1) is 0 Å². The molecule has 0 aliphatic heterocycles.